The Morgan fingerprint density at radius 2 is 2.06 bits per heavy atom. The third kappa shape index (κ3) is 4.50. The van der Waals surface area contributed by atoms with E-state index in [4.69, 9.17) is 0 Å². The molecule has 1 heterocycles. The van der Waals surface area contributed by atoms with E-state index in [1.54, 1.807) is 0 Å². The van der Waals surface area contributed by atoms with Crippen molar-refractivity contribution in [2.75, 3.05) is 0 Å². The fourth-order valence-electron chi connectivity index (χ4n) is 1.87. The molecule has 0 saturated heterocycles. The van der Waals surface area contributed by atoms with Crippen molar-refractivity contribution in [1.82, 2.24) is 9.59 Å². The molecule has 0 amide bonds. The minimum atomic E-state index is -0.414. The highest BCUT2D eigenvalue weighted by Crippen LogP contribution is 2.32. The van der Waals surface area contributed by atoms with Crippen LogP contribution in [0.3, 0.4) is 0 Å². The van der Waals surface area contributed by atoms with Crippen LogP contribution in [0.5, 0.6) is 0 Å². The van der Waals surface area contributed by atoms with Gasteiger partial charge in [-0.15, -0.1) is 11.7 Å². The zero-order chi connectivity index (χ0) is 13.6. The van der Waals surface area contributed by atoms with Gasteiger partial charge in [0.25, 0.3) is 0 Å². The summed E-state index contributed by atoms with van der Waals surface area (Å²) in [6, 6.07) is 0. The summed E-state index contributed by atoms with van der Waals surface area (Å²) in [6.07, 6.45) is 6.72. The van der Waals surface area contributed by atoms with Crippen LogP contribution in [0.2, 0.25) is 0 Å². The van der Waals surface area contributed by atoms with Crippen LogP contribution in [0.15, 0.2) is 12.7 Å². The fraction of sp³-hybridized carbons (Fsp3) is 0.714. The van der Waals surface area contributed by atoms with Gasteiger partial charge in [-0.3, -0.25) is 0 Å². The van der Waals surface area contributed by atoms with E-state index >= 15 is 0 Å². The molecule has 0 aliphatic carbocycles. The van der Waals surface area contributed by atoms with E-state index in [0.29, 0.717) is 0 Å². The molecule has 102 valence electrons. The van der Waals surface area contributed by atoms with Crippen LogP contribution in [-0.4, -0.2) is 14.7 Å². The molecule has 0 bridgehead atoms. The Hall–Kier alpha value is -0.740. The van der Waals surface area contributed by atoms with Crippen LogP contribution in [0.25, 0.3) is 0 Å². The zero-order valence-corrected chi connectivity index (χ0v) is 12.5. The van der Waals surface area contributed by atoms with Crippen molar-refractivity contribution >= 4 is 11.5 Å². The van der Waals surface area contributed by atoms with Crippen molar-refractivity contribution in [2.45, 2.75) is 64.4 Å². The van der Waals surface area contributed by atoms with E-state index < -0.39 is 6.10 Å². The molecule has 1 aromatic rings. The normalized spacial score (nSPS) is 13.6. The fourth-order valence-corrected chi connectivity index (χ4v) is 2.75. The highest BCUT2D eigenvalue weighted by molar-refractivity contribution is 7.05. The predicted octanol–water partition coefficient (Wildman–Crippen LogP) is 4.01. The number of aliphatic hydroxyl groups excluding tert-OH is 1. The highest BCUT2D eigenvalue weighted by atomic mass is 32.1. The van der Waals surface area contributed by atoms with Gasteiger partial charge in [-0.05, 0) is 30.8 Å². The molecule has 1 aromatic heterocycles. The summed E-state index contributed by atoms with van der Waals surface area (Å²) < 4.78 is 3.99. The van der Waals surface area contributed by atoms with E-state index in [1.807, 2.05) is 6.08 Å². The molecule has 0 radical (unpaired) electrons. The van der Waals surface area contributed by atoms with Gasteiger partial charge in [0.05, 0.1) is 16.7 Å². The summed E-state index contributed by atoms with van der Waals surface area (Å²) in [4.78, 5) is 0.936. The molecule has 1 N–H and O–H groups in total. The van der Waals surface area contributed by atoms with Gasteiger partial charge >= 0.3 is 0 Å². The number of hydrogen-bond donors (Lipinski definition) is 1. The monoisotopic (exact) mass is 268 g/mol. The molecule has 4 heteroatoms. The second-order valence-corrected chi connectivity index (χ2v) is 6.46. The highest BCUT2D eigenvalue weighted by Gasteiger charge is 2.25. The Morgan fingerprint density at radius 3 is 2.67 bits per heavy atom. The number of allylic oxidation sites excluding steroid dienone is 1. The number of aliphatic hydroxyl groups is 1. The smallest absolute Gasteiger partial charge is 0.0917 e. The van der Waals surface area contributed by atoms with Gasteiger partial charge in [-0.25, -0.2) is 0 Å². The average Bonchev–Trinajstić information content (AvgIpc) is 2.77. The first-order valence-corrected chi connectivity index (χ1v) is 7.36. The first-order valence-electron chi connectivity index (χ1n) is 6.58. The molecular formula is C14H24N2OS. The number of aromatic nitrogens is 2. The predicted molar refractivity (Wildman–Crippen MR) is 76.9 cm³/mol. The Morgan fingerprint density at radius 1 is 1.33 bits per heavy atom. The molecule has 1 unspecified atom stereocenters. The summed E-state index contributed by atoms with van der Waals surface area (Å²) in [6.45, 7) is 10.0. The lowest BCUT2D eigenvalue weighted by molar-refractivity contribution is 0.164. The maximum absolute atomic E-state index is 10.2. The number of hydrogen-bond acceptors (Lipinski definition) is 4. The van der Waals surface area contributed by atoms with Crippen molar-refractivity contribution in [3.8, 4) is 0 Å². The van der Waals surface area contributed by atoms with Crippen molar-refractivity contribution in [2.24, 2.45) is 0 Å². The molecule has 3 nitrogen and oxygen atoms in total. The lowest BCUT2D eigenvalue weighted by atomic mass is 9.90. The molecule has 1 rings (SSSR count). The first kappa shape index (κ1) is 15.3. The molecular weight excluding hydrogens is 244 g/mol. The van der Waals surface area contributed by atoms with E-state index in [-0.39, 0.29) is 5.41 Å². The third-order valence-electron chi connectivity index (χ3n) is 2.91. The minimum Gasteiger partial charge on any atom is -0.387 e. The maximum atomic E-state index is 10.2. The van der Waals surface area contributed by atoms with Gasteiger partial charge in [0, 0.05) is 5.41 Å². The van der Waals surface area contributed by atoms with Gasteiger partial charge in [0.15, 0.2) is 0 Å². The molecule has 0 fully saturated rings. The average molecular weight is 268 g/mol. The van der Waals surface area contributed by atoms with Crippen molar-refractivity contribution in [3.63, 3.8) is 0 Å². The van der Waals surface area contributed by atoms with E-state index in [9.17, 15) is 5.11 Å². The van der Waals surface area contributed by atoms with E-state index in [2.05, 4.69) is 36.9 Å². The van der Waals surface area contributed by atoms with Gasteiger partial charge in [-0.2, -0.15) is 0 Å². The number of nitrogens with zero attached hydrogens (tertiary/aromatic N) is 2. The van der Waals surface area contributed by atoms with Crippen molar-refractivity contribution < 1.29 is 5.11 Å². The molecule has 0 aliphatic heterocycles. The van der Waals surface area contributed by atoms with Crippen LogP contribution in [0.1, 0.15) is 69.6 Å². The van der Waals surface area contributed by atoms with Crippen LogP contribution >= 0.6 is 11.5 Å². The Kier molecular flexibility index (Phi) is 5.96. The largest absolute Gasteiger partial charge is 0.387 e. The Bertz CT molecular complexity index is 368. The lowest BCUT2D eigenvalue weighted by Crippen LogP contribution is -2.15. The maximum Gasteiger partial charge on any atom is 0.0917 e. The standard InChI is InChI=1S/C14H24N2OS/c1-5-6-7-8-9-10-11(17)12-13(14(2,3)4)15-16-18-12/h5,11,17H,1,6-10H2,2-4H3. The van der Waals surface area contributed by atoms with Gasteiger partial charge in [-0.1, -0.05) is 44.2 Å². The number of rotatable bonds is 7. The molecule has 0 aliphatic rings. The zero-order valence-electron chi connectivity index (χ0n) is 11.6. The van der Waals surface area contributed by atoms with Crippen LogP contribution < -0.4 is 0 Å². The Labute approximate surface area is 114 Å². The van der Waals surface area contributed by atoms with Crippen LogP contribution in [-0.2, 0) is 5.41 Å². The van der Waals surface area contributed by atoms with Crippen molar-refractivity contribution in [1.29, 1.82) is 0 Å². The van der Waals surface area contributed by atoms with Crippen molar-refractivity contribution in [3.05, 3.63) is 23.2 Å². The van der Waals surface area contributed by atoms with Crippen LogP contribution in [0.4, 0.5) is 0 Å². The molecule has 0 spiro atoms. The topological polar surface area (TPSA) is 46.0 Å². The van der Waals surface area contributed by atoms with E-state index in [0.717, 1.165) is 42.7 Å². The second-order valence-electron chi connectivity index (χ2n) is 5.68. The summed E-state index contributed by atoms with van der Waals surface area (Å²) >= 11 is 1.33. The summed E-state index contributed by atoms with van der Waals surface area (Å²) in [5.74, 6) is 0. The second kappa shape index (κ2) is 7.00. The van der Waals surface area contributed by atoms with Gasteiger partial charge in [0.1, 0.15) is 0 Å². The summed E-state index contributed by atoms with van der Waals surface area (Å²) in [5.41, 5.74) is 0.887. The lowest BCUT2D eigenvalue weighted by Gasteiger charge is -2.18. The SMILES string of the molecule is C=CCCCCCC(O)c1snnc1C(C)(C)C. The number of unbranched alkanes of at least 4 members (excludes halogenated alkanes) is 3. The molecule has 18 heavy (non-hydrogen) atoms. The van der Waals surface area contributed by atoms with E-state index in [1.165, 1.54) is 11.5 Å². The summed E-state index contributed by atoms with van der Waals surface area (Å²) in [5, 5.41) is 14.4. The minimum absolute atomic E-state index is 0.0495. The Balaban J connectivity index is 2.49. The molecule has 1 atom stereocenters. The van der Waals surface area contributed by atoms with Gasteiger partial charge in [0.2, 0.25) is 0 Å². The third-order valence-corrected chi connectivity index (χ3v) is 3.74. The summed E-state index contributed by atoms with van der Waals surface area (Å²) in [7, 11) is 0. The first-order chi connectivity index (χ1) is 8.46. The quantitative estimate of drug-likeness (QED) is 0.600. The molecule has 0 saturated carbocycles. The van der Waals surface area contributed by atoms with Crippen LogP contribution in [0, 0.1) is 0 Å². The molecule has 0 aromatic carbocycles. The van der Waals surface area contributed by atoms with Gasteiger partial charge < -0.3 is 5.11 Å².